The summed E-state index contributed by atoms with van der Waals surface area (Å²) in [5.74, 6) is 2.23. The van der Waals surface area contributed by atoms with Crippen LogP contribution in [-0.4, -0.2) is 12.1 Å². The van der Waals surface area contributed by atoms with Crippen molar-refractivity contribution in [2.24, 2.45) is 28.6 Å². The third kappa shape index (κ3) is 1.27. The number of carbonyl (C=O) groups is 1. The lowest BCUT2D eigenvalue weighted by Crippen LogP contribution is -2.46. The standard InChI is InChI=1S/C16H26O2/c1-11-5-6-12-14(2,3)13-9-16(11,12)8-7-15(13,4)18-10-17/h10-13H,5-9H2,1-4H3/t11-,12+,13-,15-,16+/m1/s1. The van der Waals surface area contributed by atoms with Crippen LogP contribution >= 0.6 is 0 Å². The largest absolute Gasteiger partial charge is 0.461 e. The number of carbonyl (C=O) groups excluding carboxylic acids is 1. The molecular formula is C16H26O2. The van der Waals surface area contributed by atoms with Crippen molar-refractivity contribution >= 4 is 6.47 Å². The van der Waals surface area contributed by atoms with Crippen LogP contribution in [-0.2, 0) is 9.53 Å². The van der Waals surface area contributed by atoms with E-state index in [2.05, 4.69) is 27.7 Å². The monoisotopic (exact) mass is 250 g/mol. The molecule has 3 fully saturated rings. The van der Waals surface area contributed by atoms with Gasteiger partial charge >= 0.3 is 0 Å². The Balaban J connectivity index is 2.01. The first-order valence-electron chi connectivity index (χ1n) is 7.48. The van der Waals surface area contributed by atoms with Gasteiger partial charge in [0.25, 0.3) is 6.47 Å². The molecule has 18 heavy (non-hydrogen) atoms. The van der Waals surface area contributed by atoms with Gasteiger partial charge in [0, 0.05) is 5.92 Å². The van der Waals surface area contributed by atoms with Crippen molar-refractivity contribution in [1.82, 2.24) is 0 Å². The summed E-state index contributed by atoms with van der Waals surface area (Å²) in [4.78, 5) is 10.9. The fraction of sp³-hybridized carbons (Fsp3) is 0.938. The molecule has 3 aliphatic carbocycles. The Labute approximate surface area is 110 Å². The molecule has 0 aromatic carbocycles. The molecule has 2 bridgehead atoms. The summed E-state index contributed by atoms with van der Waals surface area (Å²) in [6, 6.07) is 0. The van der Waals surface area contributed by atoms with Crippen LogP contribution in [0.2, 0.25) is 0 Å². The van der Waals surface area contributed by atoms with E-state index in [0.29, 0.717) is 23.2 Å². The van der Waals surface area contributed by atoms with Crippen LogP contribution in [0, 0.1) is 28.6 Å². The van der Waals surface area contributed by atoms with Gasteiger partial charge in [0.2, 0.25) is 0 Å². The Morgan fingerprint density at radius 1 is 1.11 bits per heavy atom. The fourth-order valence-corrected chi connectivity index (χ4v) is 6.11. The molecule has 0 aromatic rings. The van der Waals surface area contributed by atoms with Crippen LogP contribution in [0.15, 0.2) is 0 Å². The second kappa shape index (κ2) is 3.52. The van der Waals surface area contributed by atoms with Gasteiger partial charge in [-0.15, -0.1) is 0 Å². The number of hydrogen-bond acceptors (Lipinski definition) is 2. The number of hydrogen-bond donors (Lipinski definition) is 0. The summed E-state index contributed by atoms with van der Waals surface area (Å²) < 4.78 is 5.55. The Morgan fingerprint density at radius 3 is 2.50 bits per heavy atom. The normalized spacial score (nSPS) is 53.0. The van der Waals surface area contributed by atoms with Gasteiger partial charge < -0.3 is 4.74 Å². The topological polar surface area (TPSA) is 26.3 Å². The molecule has 0 aromatic heterocycles. The van der Waals surface area contributed by atoms with E-state index in [4.69, 9.17) is 4.74 Å². The number of ether oxygens (including phenoxy) is 1. The smallest absolute Gasteiger partial charge is 0.293 e. The molecule has 0 N–H and O–H groups in total. The maximum absolute atomic E-state index is 10.9. The minimum Gasteiger partial charge on any atom is -0.461 e. The highest BCUT2D eigenvalue weighted by molar-refractivity contribution is 5.39. The highest BCUT2D eigenvalue weighted by atomic mass is 16.5. The van der Waals surface area contributed by atoms with E-state index in [-0.39, 0.29) is 5.60 Å². The van der Waals surface area contributed by atoms with Crippen molar-refractivity contribution in [2.75, 3.05) is 0 Å². The molecule has 0 unspecified atom stereocenters. The van der Waals surface area contributed by atoms with E-state index in [1.807, 2.05) is 0 Å². The lowest BCUT2D eigenvalue weighted by atomic mass is 9.64. The van der Waals surface area contributed by atoms with Gasteiger partial charge in [0.1, 0.15) is 5.60 Å². The van der Waals surface area contributed by atoms with Gasteiger partial charge in [0.05, 0.1) is 0 Å². The average molecular weight is 250 g/mol. The minimum atomic E-state index is -0.222. The van der Waals surface area contributed by atoms with Crippen molar-refractivity contribution in [3.05, 3.63) is 0 Å². The third-order valence-electron chi connectivity index (χ3n) is 7.09. The lowest BCUT2D eigenvalue weighted by Gasteiger charge is -2.45. The molecule has 3 saturated carbocycles. The highest BCUT2D eigenvalue weighted by Gasteiger charge is 2.68. The third-order valence-corrected chi connectivity index (χ3v) is 7.09. The second-order valence-electron chi connectivity index (χ2n) is 7.87. The fourth-order valence-electron chi connectivity index (χ4n) is 6.11. The molecule has 2 heteroatoms. The van der Waals surface area contributed by atoms with Crippen molar-refractivity contribution < 1.29 is 9.53 Å². The van der Waals surface area contributed by atoms with Gasteiger partial charge in [0.15, 0.2) is 0 Å². The summed E-state index contributed by atoms with van der Waals surface area (Å²) >= 11 is 0. The zero-order chi connectivity index (χ0) is 13.2. The lowest BCUT2D eigenvalue weighted by molar-refractivity contribution is -0.157. The summed E-state index contributed by atoms with van der Waals surface area (Å²) in [6.45, 7) is 10.1. The summed E-state index contributed by atoms with van der Waals surface area (Å²) in [7, 11) is 0. The van der Waals surface area contributed by atoms with Crippen molar-refractivity contribution in [1.29, 1.82) is 0 Å². The molecule has 3 aliphatic rings. The molecular weight excluding hydrogens is 224 g/mol. The van der Waals surface area contributed by atoms with E-state index in [1.54, 1.807) is 0 Å². The van der Waals surface area contributed by atoms with E-state index < -0.39 is 0 Å². The minimum absolute atomic E-state index is 0.222. The van der Waals surface area contributed by atoms with E-state index >= 15 is 0 Å². The molecule has 0 aliphatic heterocycles. The maximum atomic E-state index is 10.9. The van der Waals surface area contributed by atoms with Crippen LogP contribution in [0.1, 0.15) is 59.8 Å². The molecule has 2 nitrogen and oxygen atoms in total. The maximum Gasteiger partial charge on any atom is 0.293 e. The van der Waals surface area contributed by atoms with E-state index in [1.165, 1.54) is 25.7 Å². The molecule has 102 valence electrons. The van der Waals surface area contributed by atoms with Gasteiger partial charge in [-0.25, -0.2) is 0 Å². The molecule has 3 rings (SSSR count). The predicted octanol–water partition coefficient (Wildman–Crippen LogP) is 3.79. The molecule has 0 amide bonds. The molecule has 0 heterocycles. The summed E-state index contributed by atoms with van der Waals surface area (Å²) in [5, 5.41) is 0. The van der Waals surface area contributed by atoms with E-state index in [0.717, 1.165) is 18.3 Å². The van der Waals surface area contributed by atoms with Crippen LogP contribution in [0.25, 0.3) is 0 Å². The highest BCUT2D eigenvalue weighted by Crippen LogP contribution is 2.73. The Kier molecular flexibility index (Phi) is 2.44. The Bertz CT molecular complexity index is 375. The van der Waals surface area contributed by atoms with Crippen LogP contribution in [0.4, 0.5) is 0 Å². The van der Waals surface area contributed by atoms with Crippen LogP contribution in [0.3, 0.4) is 0 Å². The second-order valence-corrected chi connectivity index (χ2v) is 7.87. The SMILES string of the molecule is C[C@@H]1CC[C@H]2C(C)(C)[C@H]3C[C@@]12CC[C@@]3(C)OC=O. The number of fused-ring (bicyclic) bond motifs is 1. The first kappa shape index (κ1) is 12.5. The first-order chi connectivity index (χ1) is 8.37. The van der Waals surface area contributed by atoms with Crippen molar-refractivity contribution in [3.8, 4) is 0 Å². The quantitative estimate of drug-likeness (QED) is 0.697. The molecule has 0 saturated heterocycles. The number of rotatable bonds is 2. The Hall–Kier alpha value is -0.530. The van der Waals surface area contributed by atoms with Gasteiger partial charge in [-0.05, 0) is 61.7 Å². The predicted molar refractivity (Wildman–Crippen MR) is 71.0 cm³/mol. The van der Waals surface area contributed by atoms with Gasteiger partial charge in [-0.2, -0.15) is 0 Å². The average Bonchev–Trinajstić information content (AvgIpc) is 2.71. The molecule has 1 spiro atoms. The summed E-state index contributed by atoms with van der Waals surface area (Å²) in [6.07, 6.45) is 6.36. The van der Waals surface area contributed by atoms with E-state index in [9.17, 15) is 4.79 Å². The van der Waals surface area contributed by atoms with Gasteiger partial charge in [-0.1, -0.05) is 20.8 Å². The van der Waals surface area contributed by atoms with Crippen molar-refractivity contribution in [3.63, 3.8) is 0 Å². The van der Waals surface area contributed by atoms with Crippen LogP contribution < -0.4 is 0 Å². The van der Waals surface area contributed by atoms with Gasteiger partial charge in [-0.3, -0.25) is 4.79 Å². The zero-order valence-electron chi connectivity index (χ0n) is 12.2. The van der Waals surface area contributed by atoms with Crippen molar-refractivity contribution in [2.45, 2.75) is 65.4 Å². The molecule has 0 radical (unpaired) electrons. The van der Waals surface area contributed by atoms with Crippen LogP contribution in [0.5, 0.6) is 0 Å². The summed E-state index contributed by atoms with van der Waals surface area (Å²) in [5.41, 5.74) is 0.652. The first-order valence-corrected chi connectivity index (χ1v) is 7.48. The Morgan fingerprint density at radius 2 is 1.83 bits per heavy atom. The zero-order valence-corrected chi connectivity index (χ0v) is 12.2. The molecule has 5 atom stereocenters.